The zero-order valence-corrected chi connectivity index (χ0v) is 11.0. The molecule has 0 aliphatic carbocycles. The number of nitrogens with one attached hydrogen (secondary N) is 1. The van der Waals surface area contributed by atoms with Crippen molar-refractivity contribution in [1.29, 1.82) is 0 Å². The van der Waals surface area contributed by atoms with Crippen LogP contribution < -0.4 is 5.32 Å². The van der Waals surface area contributed by atoms with Crippen LogP contribution >= 0.6 is 11.6 Å². The van der Waals surface area contributed by atoms with Crippen molar-refractivity contribution in [3.05, 3.63) is 35.2 Å². The van der Waals surface area contributed by atoms with Gasteiger partial charge in [-0.15, -0.1) is 0 Å². The minimum absolute atomic E-state index is 0.0824. The third kappa shape index (κ3) is 3.52. The molecule has 0 bridgehead atoms. The van der Waals surface area contributed by atoms with Crippen LogP contribution in [0.5, 0.6) is 0 Å². The highest BCUT2D eigenvalue weighted by molar-refractivity contribution is 6.30. The summed E-state index contributed by atoms with van der Waals surface area (Å²) in [6.45, 7) is 0.803. The van der Waals surface area contributed by atoms with Gasteiger partial charge in [0.15, 0.2) is 0 Å². The number of rotatable bonds is 5. The van der Waals surface area contributed by atoms with Gasteiger partial charge in [0, 0.05) is 24.2 Å². The van der Waals surface area contributed by atoms with E-state index < -0.39 is 5.91 Å². The molecular formula is C12H12ClN3O3. The molecule has 100 valence electrons. The van der Waals surface area contributed by atoms with Crippen molar-refractivity contribution >= 4 is 17.5 Å². The Hall–Kier alpha value is -1.92. The van der Waals surface area contributed by atoms with Crippen molar-refractivity contribution in [1.82, 2.24) is 15.5 Å². The quantitative estimate of drug-likeness (QED) is 0.845. The summed E-state index contributed by atoms with van der Waals surface area (Å²) in [5, 5.41) is 6.95. The van der Waals surface area contributed by atoms with Crippen LogP contribution in [-0.2, 0) is 4.74 Å². The van der Waals surface area contributed by atoms with Gasteiger partial charge in [-0.3, -0.25) is 4.79 Å². The summed E-state index contributed by atoms with van der Waals surface area (Å²) in [5.74, 6) is -0.167. The monoisotopic (exact) mass is 281 g/mol. The van der Waals surface area contributed by atoms with Crippen LogP contribution in [0.2, 0.25) is 5.02 Å². The topological polar surface area (TPSA) is 77.2 Å². The van der Waals surface area contributed by atoms with Gasteiger partial charge in [0.05, 0.1) is 6.61 Å². The van der Waals surface area contributed by atoms with Gasteiger partial charge in [0.2, 0.25) is 5.82 Å². The highest BCUT2D eigenvalue weighted by Crippen LogP contribution is 2.18. The molecule has 1 amide bonds. The van der Waals surface area contributed by atoms with E-state index in [1.807, 2.05) is 0 Å². The first kappa shape index (κ1) is 13.5. The van der Waals surface area contributed by atoms with E-state index in [9.17, 15) is 4.79 Å². The van der Waals surface area contributed by atoms with Gasteiger partial charge in [-0.1, -0.05) is 16.8 Å². The van der Waals surface area contributed by atoms with Gasteiger partial charge in [0.1, 0.15) is 0 Å². The number of ether oxygens (including phenoxy) is 1. The van der Waals surface area contributed by atoms with Gasteiger partial charge in [-0.25, -0.2) is 0 Å². The molecule has 0 aliphatic rings. The van der Waals surface area contributed by atoms with Crippen molar-refractivity contribution in [2.24, 2.45) is 0 Å². The van der Waals surface area contributed by atoms with Crippen LogP contribution in [0.1, 0.15) is 10.7 Å². The maximum absolute atomic E-state index is 11.6. The summed E-state index contributed by atoms with van der Waals surface area (Å²) in [7, 11) is 1.55. The second kappa shape index (κ2) is 6.31. The Morgan fingerprint density at radius 1 is 1.42 bits per heavy atom. The zero-order chi connectivity index (χ0) is 13.7. The summed E-state index contributed by atoms with van der Waals surface area (Å²) in [5.41, 5.74) is 0.726. The Labute approximate surface area is 114 Å². The van der Waals surface area contributed by atoms with E-state index in [1.54, 1.807) is 31.4 Å². The lowest BCUT2D eigenvalue weighted by atomic mass is 10.2. The van der Waals surface area contributed by atoms with E-state index in [0.29, 0.717) is 24.0 Å². The molecule has 1 aromatic heterocycles. The van der Waals surface area contributed by atoms with Crippen molar-refractivity contribution in [3.8, 4) is 11.4 Å². The van der Waals surface area contributed by atoms with Crippen molar-refractivity contribution in [3.63, 3.8) is 0 Å². The fourth-order valence-electron chi connectivity index (χ4n) is 1.37. The van der Waals surface area contributed by atoms with Crippen LogP contribution in [0.15, 0.2) is 28.8 Å². The minimum atomic E-state index is -0.426. The summed E-state index contributed by atoms with van der Waals surface area (Å²) < 4.78 is 9.71. The van der Waals surface area contributed by atoms with Crippen molar-refractivity contribution < 1.29 is 14.1 Å². The fourth-order valence-corrected chi connectivity index (χ4v) is 1.50. The molecule has 19 heavy (non-hydrogen) atoms. The predicted octanol–water partition coefficient (Wildman–Crippen LogP) is 1.77. The Bertz CT molecular complexity index is 554. The lowest BCUT2D eigenvalue weighted by Crippen LogP contribution is -2.27. The number of aromatic nitrogens is 2. The molecule has 1 N–H and O–H groups in total. The molecule has 1 heterocycles. The number of carbonyl (C=O) groups excluding carboxylic acids is 1. The Kier molecular flexibility index (Phi) is 4.48. The van der Waals surface area contributed by atoms with Crippen LogP contribution in [0.3, 0.4) is 0 Å². The third-order valence-corrected chi connectivity index (χ3v) is 2.57. The molecular weight excluding hydrogens is 270 g/mol. The lowest BCUT2D eigenvalue weighted by Gasteiger charge is -1.99. The summed E-state index contributed by atoms with van der Waals surface area (Å²) in [4.78, 5) is 15.6. The molecule has 7 heteroatoms. The average Bonchev–Trinajstić information content (AvgIpc) is 2.89. The van der Waals surface area contributed by atoms with Gasteiger partial charge < -0.3 is 14.6 Å². The Balaban J connectivity index is 2.06. The van der Waals surface area contributed by atoms with E-state index in [0.717, 1.165) is 5.56 Å². The summed E-state index contributed by atoms with van der Waals surface area (Å²) in [6, 6.07) is 6.93. The van der Waals surface area contributed by atoms with E-state index >= 15 is 0 Å². The van der Waals surface area contributed by atoms with Gasteiger partial charge in [0.25, 0.3) is 0 Å². The van der Waals surface area contributed by atoms with E-state index in [1.165, 1.54) is 0 Å². The van der Waals surface area contributed by atoms with E-state index in [2.05, 4.69) is 15.5 Å². The smallest absolute Gasteiger partial charge is 0.316 e. The Morgan fingerprint density at radius 2 is 2.16 bits per heavy atom. The highest BCUT2D eigenvalue weighted by atomic mass is 35.5. The standard InChI is InChI=1S/C12H12ClN3O3/c1-18-7-6-14-11(17)12-15-10(16-19-12)8-2-4-9(13)5-3-8/h2-5H,6-7H2,1H3,(H,14,17). The second-order valence-electron chi connectivity index (χ2n) is 3.68. The number of benzene rings is 1. The second-order valence-corrected chi connectivity index (χ2v) is 4.12. The van der Waals surface area contributed by atoms with E-state index in [-0.39, 0.29) is 5.89 Å². The summed E-state index contributed by atoms with van der Waals surface area (Å²) in [6.07, 6.45) is 0. The number of methoxy groups -OCH3 is 1. The first-order valence-electron chi connectivity index (χ1n) is 5.57. The van der Waals surface area contributed by atoms with Crippen LogP contribution in [-0.4, -0.2) is 36.3 Å². The van der Waals surface area contributed by atoms with Crippen molar-refractivity contribution in [2.75, 3.05) is 20.3 Å². The molecule has 1 aromatic carbocycles. The van der Waals surface area contributed by atoms with Crippen LogP contribution in [0.4, 0.5) is 0 Å². The van der Waals surface area contributed by atoms with Gasteiger partial charge in [-0.05, 0) is 24.3 Å². The number of amides is 1. The molecule has 0 spiro atoms. The van der Waals surface area contributed by atoms with Gasteiger partial charge in [-0.2, -0.15) is 4.98 Å². The SMILES string of the molecule is COCCNC(=O)c1nc(-c2ccc(Cl)cc2)no1. The number of hydrogen-bond acceptors (Lipinski definition) is 5. The fraction of sp³-hybridized carbons (Fsp3) is 0.250. The zero-order valence-electron chi connectivity index (χ0n) is 10.2. The lowest BCUT2D eigenvalue weighted by molar-refractivity contribution is 0.0893. The molecule has 0 unspecified atom stereocenters. The first-order valence-corrected chi connectivity index (χ1v) is 5.95. The first-order chi connectivity index (χ1) is 9.20. The number of nitrogens with zero attached hydrogens (tertiary/aromatic N) is 2. The van der Waals surface area contributed by atoms with Gasteiger partial charge >= 0.3 is 11.8 Å². The molecule has 6 nitrogen and oxygen atoms in total. The highest BCUT2D eigenvalue weighted by Gasteiger charge is 2.15. The molecule has 0 radical (unpaired) electrons. The summed E-state index contributed by atoms with van der Waals surface area (Å²) >= 11 is 5.79. The molecule has 2 aromatic rings. The Morgan fingerprint density at radius 3 is 2.84 bits per heavy atom. The normalized spacial score (nSPS) is 10.4. The van der Waals surface area contributed by atoms with E-state index in [4.69, 9.17) is 20.9 Å². The third-order valence-electron chi connectivity index (χ3n) is 2.31. The molecule has 0 saturated heterocycles. The number of carbonyl (C=O) groups is 1. The number of hydrogen-bond donors (Lipinski definition) is 1. The van der Waals surface area contributed by atoms with Crippen LogP contribution in [0.25, 0.3) is 11.4 Å². The van der Waals surface area contributed by atoms with Crippen molar-refractivity contribution in [2.45, 2.75) is 0 Å². The van der Waals surface area contributed by atoms with Crippen LogP contribution in [0, 0.1) is 0 Å². The largest absolute Gasteiger partial charge is 0.383 e. The maximum Gasteiger partial charge on any atom is 0.316 e. The molecule has 0 fully saturated rings. The average molecular weight is 282 g/mol. The molecule has 0 aliphatic heterocycles. The molecule has 2 rings (SSSR count). The minimum Gasteiger partial charge on any atom is -0.383 e. The maximum atomic E-state index is 11.6. The number of halogens is 1. The molecule has 0 saturated carbocycles. The molecule has 0 atom stereocenters. The predicted molar refractivity (Wildman–Crippen MR) is 69.0 cm³/mol.